The van der Waals surface area contributed by atoms with E-state index >= 15 is 0 Å². The molecule has 2 atom stereocenters. The average molecular weight is 348 g/mol. The van der Waals surface area contributed by atoms with Gasteiger partial charge in [-0.25, -0.2) is 4.98 Å². The summed E-state index contributed by atoms with van der Waals surface area (Å²) in [5.41, 5.74) is 6.00. The second kappa shape index (κ2) is 7.44. The van der Waals surface area contributed by atoms with Gasteiger partial charge in [-0.05, 0) is 37.8 Å². The van der Waals surface area contributed by atoms with Crippen LogP contribution in [0.1, 0.15) is 36.1 Å². The van der Waals surface area contributed by atoms with Gasteiger partial charge in [0.1, 0.15) is 5.76 Å². The van der Waals surface area contributed by atoms with Crippen LogP contribution in [-0.2, 0) is 12.8 Å². The fourth-order valence-corrected chi connectivity index (χ4v) is 3.80. The second-order valence-corrected chi connectivity index (χ2v) is 7.33. The molecule has 24 heavy (non-hydrogen) atoms. The molecule has 2 N–H and O–H groups in total. The van der Waals surface area contributed by atoms with Gasteiger partial charge in [-0.2, -0.15) is 0 Å². The molecule has 7 heteroatoms. The third-order valence-electron chi connectivity index (χ3n) is 4.48. The second-order valence-electron chi connectivity index (χ2n) is 6.39. The Kier molecular flexibility index (Phi) is 5.30. The Hall–Kier alpha value is -1.73. The first-order chi connectivity index (χ1) is 11.5. The number of thioether (sulfide) groups is 1. The highest BCUT2D eigenvalue weighted by atomic mass is 32.2. The predicted octanol–water partition coefficient (Wildman–Crippen LogP) is 2.50. The minimum atomic E-state index is -0.0337. The zero-order valence-electron chi connectivity index (χ0n) is 14.1. The summed E-state index contributed by atoms with van der Waals surface area (Å²) in [7, 11) is 1.96. The minimum absolute atomic E-state index is 0.0337. The maximum Gasteiger partial charge on any atom is 0.289 e. The molecule has 1 aliphatic rings. The van der Waals surface area contributed by atoms with E-state index in [0.29, 0.717) is 24.0 Å². The molecular formula is C17H24N4O2S. The van der Waals surface area contributed by atoms with E-state index in [1.54, 1.807) is 24.0 Å². The van der Waals surface area contributed by atoms with Gasteiger partial charge in [-0.1, -0.05) is 11.8 Å². The van der Waals surface area contributed by atoms with E-state index in [9.17, 15) is 4.79 Å². The van der Waals surface area contributed by atoms with Crippen molar-refractivity contribution in [1.29, 1.82) is 0 Å². The van der Waals surface area contributed by atoms with Gasteiger partial charge < -0.3 is 19.6 Å². The zero-order valence-corrected chi connectivity index (χ0v) is 15.0. The molecule has 130 valence electrons. The van der Waals surface area contributed by atoms with Crippen LogP contribution in [0.4, 0.5) is 0 Å². The van der Waals surface area contributed by atoms with Crippen molar-refractivity contribution < 1.29 is 9.21 Å². The van der Waals surface area contributed by atoms with E-state index < -0.39 is 0 Å². The summed E-state index contributed by atoms with van der Waals surface area (Å²) in [6.07, 6.45) is 5.76. The van der Waals surface area contributed by atoms with Crippen molar-refractivity contribution in [3.63, 3.8) is 0 Å². The Morgan fingerprint density at radius 3 is 3.08 bits per heavy atom. The third kappa shape index (κ3) is 3.84. The van der Waals surface area contributed by atoms with Crippen molar-refractivity contribution in [1.82, 2.24) is 14.5 Å². The van der Waals surface area contributed by atoms with Gasteiger partial charge in [-0.3, -0.25) is 4.79 Å². The number of amides is 1. The number of piperidine rings is 1. The van der Waals surface area contributed by atoms with Crippen LogP contribution in [0.25, 0.3) is 0 Å². The van der Waals surface area contributed by atoms with E-state index in [1.165, 1.54) is 0 Å². The Morgan fingerprint density at radius 2 is 2.38 bits per heavy atom. The van der Waals surface area contributed by atoms with Crippen LogP contribution < -0.4 is 5.73 Å². The fraction of sp³-hybridized carbons (Fsp3) is 0.529. The third-order valence-corrected chi connectivity index (χ3v) is 5.56. The van der Waals surface area contributed by atoms with Crippen LogP contribution in [0.15, 0.2) is 34.1 Å². The van der Waals surface area contributed by atoms with Gasteiger partial charge in [0.25, 0.3) is 5.91 Å². The van der Waals surface area contributed by atoms with Crippen LogP contribution in [0.3, 0.4) is 0 Å². The fourth-order valence-electron chi connectivity index (χ4n) is 2.98. The summed E-state index contributed by atoms with van der Waals surface area (Å²) in [6, 6.07) is 3.75. The van der Waals surface area contributed by atoms with Crippen molar-refractivity contribution in [2.24, 2.45) is 18.7 Å². The summed E-state index contributed by atoms with van der Waals surface area (Å²) >= 11 is 1.59. The molecule has 1 amide bonds. The molecule has 0 radical (unpaired) electrons. The molecule has 0 spiro atoms. The molecule has 3 rings (SSSR count). The molecule has 2 aromatic heterocycles. The van der Waals surface area contributed by atoms with Crippen molar-refractivity contribution in [2.45, 2.75) is 36.7 Å². The van der Waals surface area contributed by atoms with Crippen LogP contribution in [0, 0.1) is 5.92 Å². The number of likely N-dealkylation sites (tertiary alicyclic amines) is 1. The number of furan rings is 1. The summed E-state index contributed by atoms with van der Waals surface area (Å²) in [5.74, 6) is 2.19. The number of nitrogens with zero attached hydrogens (tertiary/aromatic N) is 3. The summed E-state index contributed by atoms with van der Waals surface area (Å²) in [4.78, 5) is 18.8. The van der Waals surface area contributed by atoms with Gasteiger partial charge in [0.15, 0.2) is 10.9 Å². The number of hydrogen-bond donors (Lipinski definition) is 1. The summed E-state index contributed by atoms with van der Waals surface area (Å²) < 4.78 is 7.71. The molecule has 1 fully saturated rings. The first kappa shape index (κ1) is 17.1. The van der Waals surface area contributed by atoms with Gasteiger partial charge in [0.05, 0.1) is 5.75 Å². The molecule has 6 nitrogen and oxygen atoms in total. The van der Waals surface area contributed by atoms with Crippen LogP contribution in [-0.4, -0.2) is 39.5 Å². The highest BCUT2D eigenvalue weighted by Gasteiger charge is 2.27. The van der Waals surface area contributed by atoms with Crippen LogP contribution in [0.5, 0.6) is 0 Å². The molecule has 1 saturated heterocycles. The van der Waals surface area contributed by atoms with Crippen LogP contribution >= 0.6 is 11.8 Å². The van der Waals surface area contributed by atoms with E-state index in [0.717, 1.165) is 30.3 Å². The Morgan fingerprint density at radius 1 is 1.54 bits per heavy atom. The van der Waals surface area contributed by atoms with Gasteiger partial charge in [-0.15, -0.1) is 0 Å². The normalized spacial score (nSPS) is 19.5. The number of aryl methyl sites for hydroxylation is 1. The SMILES string of the molecule is C[C@@H](N)[C@@H]1CCCN(C(=O)c2ccc(CSc3nccn3C)o2)C1. The van der Waals surface area contributed by atoms with Gasteiger partial charge in [0, 0.05) is 38.6 Å². The summed E-state index contributed by atoms with van der Waals surface area (Å²) in [5, 5.41) is 0.926. The standard InChI is InChI=1S/C17H24N4O2S/c1-12(18)13-4-3-8-21(10-13)16(22)15-6-5-14(23-15)11-24-17-19-7-9-20(17)2/h5-7,9,12-13H,3-4,8,10-11,18H2,1-2H3/t12-,13-/m1/s1. The van der Waals surface area contributed by atoms with E-state index in [1.807, 2.05) is 35.7 Å². The Bertz CT molecular complexity index is 694. The quantitative estimate of drug-likeness (QED) is 0.840. The number of carbonyl (C=O) groups is 1. The molecular weight excluding hydrogens is 324 g/mol. The Balaban J connectivity index is 1.60. The molecule has 3 heterocycles. The molecule has 0 saturated carbocycles. The molecule has 0 bridgehead atoms. The highest BCUT2D eigenvalue weighted by molar-refractivity contribution is 7.98. The number of rotatable bonds is 5. The number of hydrogen-bond acceptors (Lipinski definition) is 5. The molecule has 1 aliphatic heterocycles. The first-order valence-electron chi connectivity index (χ1n) is 8.28. The molecule has 0 aromatic carbocycles. The first-order valence-corrected chi connectivity index (χ1v) is 9.27. The maximum absolute atomic E-state index is 12.6. The van der Waals surface area contributed by atoms with E-state index in [-0.39, 0.29) is 11.9 Å². The molecule has 2 aromatic rings. The average Bonchev–Trinajstić information content (AvgIpc) is 3.21. The monoisotopic (exact) mass is 348 g/mol. The maximum atomic E-state index is 12.6. The van der Waals surface area contributed by atoms with Crippen molar-refractivity contribution in [3.8, 4) is 0 Å². The van der Waals surface area contributed by atoms with Gasteiger partial charge >= 0.3 is 0 Å². The van der Waals surface area contributed by atoms with E-state index in [2.05, 4.69) is 4.98 Å². The number of carbonyl (C=O) groups excluding carboxylic acids is 1. The van der Waals surface area contributed by atoms with Gasteiger partial charge in [0.2, 0.25) is 0 Å². The van der Waals surface area contributed by atoms with Crippen molar-refractivity contribution in [3.05, 3.63) is 36.0 Å². The molecule has 0 aliphatic carbocycles. The number of imidazole rings is 1. The lowest BCUT2D eigenvalue weighted by Gasteiger charge is -2.34. The van der Waals surface area contributed by atoms with Crippen molar-refractivity contribution >= 4 is 17.7 Å². The van der Waals surface area contributed by atoms with E-state index in [4.69, 9.17) is 10.2 Å². The zero-order chi connectivity index (χ0) is 17.1. The minimum Gasteiger partial charge on any atom is -0.455 e. The lowest BCUT2D eigenvalue weighted by molar-refractivity contribution is 0.0627. The predicted molar refractivity (Wildman–Crippen MR) is 93.8 cm³/mol. The highest BCUT2D eigenvalue weighted by Crippen LogP contribution is 2.24. The largest absolute Gasteiger partial charge is 0.455 e. The number of aromatic nitrogens is 2. The molecule has 0 unspecified atom stereocenters. The summed E-state index contributed by atoms with van der Waals surface area (Å²) in [6.45, 7) is 3.51. The number of nitrogens with two attached hydrogens (primary N) is 1. The smallest absolute Gasteiger partial charge is 0.289 e. The lowest BCUT2D eigenvalue weighted by Crippen LogP contribution is -2.44. The van der Waals surface area contributed by atoms with Crippen molar-refractivity contribution in [2.75, 3.05) is 13.1 Å². The van der Waals surface area contributed by atoms with Crippen LogP contribution in [0.2, 0.25) is 0 Å². The Labute approximate surface area is 146 Å². The lowest BCUT2D eigenvalue weighted by atomic mass is 9.92. The topological polar surface area (TPSA) is 77.3 Å².